The van der Waals surface area contributed by atoms with Gasteiger partial charge in [0.15, 0.2) is 6.04 Å². The first kappa shape index (κ1) is 17.4. The van der Waals surface area contributed by atoms with E-state index in [-0.39, 0.29) is 5.82 Å². The van der Waals surface area contributed by atoms with Crippen molar-refractivity contribution in [3.8, 4) is 23.1 Å². The molecule has 4 rings (SSSR count). The van der Waals surface area contributed by atoms with Gasteiger partial charge < -0.3 is 4.74 Å². The third kappa shape index (κ3) is 3.32. The van der Waals surface area contributed by atoms with E-state index < -0.39 is 12.0 Å². The summed E-state index contributed by atoms with van der Waals surface area (Å²) in [5.74, 6) is 0.508. The highest BCUT2D eigenvalue weighted by Gasteiger charge is 2.28. The molecule has 140 valence electrons. The van der Waals surface area contributed by atoms with Crippen molar-refractivity contribution in [1.82, 2.24) is 45.4 Å². The molecule has 0 spiro atoms. The van der Waals surface area contributed by atoms with Gasteiger partial charge in [-0.3, -0.25) is 4.98 Å². The molecule has 0 aliphatic heterocycles. The number of carbonyl (C=O) groups is 1. The maximum Gasteiger partial charge on any atom is 0.336 e. The summed E-state index contributed by atoms with van der Waals surface area (Å²) in [5, 5.41) is 23.4. The van der Waals surface area contributed by atoms with Crippen LogP contribution in [-0.2, 0) is 4.79 Å². The fraction of sp³-hybridized carbons (Fsp3) is 0.176. The molecule has 0 aliphatic carbocycles. The average molecular weight is 377 g/mol. The quantitative estimate of drug-likeness (QED) is 0.360. The van der Waals surface area contributed by atoms with Crippen molar-refractivity contribution in [2.75, 3.05) is 0 Å². The van der Waals surface area contributed by atoms with Crippen molar-refractivity contribution < 1.29 is 9.53 Å². The molecular weight excluding hydrogens is 362 g/mol. The zero-order valence-electron chi connectivity index (χ0n) is 14.8. The van der Waals surface area contributed by atoms with Crippen LogP contribution >= 0.6 is 0 Å². The van der Waals surface area contributed by atoms with Crippen molar-refractivity contribution >= 4 is 5.97 Å². The third-order valence-electron chi connectivity index (χ3n) is 3.99. The van der Waals surface area contributed by atoms with Gasteiger partial charge in [0, 0.05) is 12.4 Å². The van der Waals surface area contributed by atoms with Crippen molar-refractivity contribution in [3.63, 3.8) is 0 Å². The molecule has 28 heavy (non-hydrogen) atoms. The number of aromatic nitrogens is 9. The van der Waals surface area contributed by atoms with E-state index in [1.807, 2.05) is 13.0 Å². The largest absolute Gasteiger partial charge is 0.425 e. The molecule has 11 heteroatoms. The summed E-state index contributed by atoms with van der Waals surface area (Å²) in [6.07, 6.45) is 3.66. The molecule has 1 aromatic carbocycles. The van der Waals surface area contributed by atoms with Crippen LogP contribution in [-0.4, -0.2) is 51.4 Å². The lowest BCUT2D eigenvalue weighted by Gasteiger charge is -2.15. The summed E-state index contributed by atoms with van der Waals surface area (Å²) < 4.78 is 8.30. The number of tetrazole rings is 2. The van der Waals surface area contributed by atoms with Gasteiger partial charge in [-0.05, 0) is 51.5 Å². The molecule has 0 N–H and O–H groups in total. The predicted molar refractivity (Wildman–Crippen MR) is 95.2 cm³/mol. The lowest BCUT2D eigenvalue weighted by molar-refractivity contribution is -0.138. The van der Waals surface area contributed by atoms with Crippen LogP contribution in [0, 0.1) is 0 Å². The first-order chi connectivity index (χ1) is 13.8. The van der Waals surface area contributed by atoms with E-state index in [0.29, 0.717) is 23.7 Å². The zero-order valence-corrected chi connectivity index (χ0v) is 14.8. The number of nitrogens with zero attached hydrogens (tertiary/aromatic N) is 9. The van der Waals surface area contributed by atoms with E-state index in [0.717, 1.165) is 0 Å². The molecule has 0 radical (unpaired) electrons. The van der Waals surface area contributed by atoms with Crippen LogP contribution in [0.15, 0.2) is 54.9 Å². The standard InChI is InChI=1S/C17H15N9O2/c1-2-14(17(27)28-13-6-4-3-5-7-13)26-16(20-22-24-26)15-19-21-23-25(15)12-8-10-18-11-9-12/h3-11,14H,2H2,1H3. The molecule has 0 fully saturated rings. The Kier molecular flexibility index (Phi) is 4.78. The molecule has 0 aliphatic rings. The Labute approximate surface area is 159 Å². The van der Waals surface area contributed by atoms with E-state index in [9.17, 15) is 4.79 Å². The van der Waals surface area contributed by atoms with Crippen molar-refractivity contribution in [3.05, 3.63) is 54.9 Å². The molecule has 3 aromatic heterocycles. The van der Waals surface area contributed by atoms with Gasteiger partial charge in [0.1, 0.15) is 5.75 Å². The molecule has 4 aromatic rings. The zero-order chi connectivity index (χ0) is 19.3. The second-order valence-electron chi connectivity index (χ2n) is 5.72. The Morgan fingerprint density at radius 1 is 1.00 bits per heavy atom. The van der Waals surface area contributed by atoms with Crippen LogP contribution in [0.5, 0.6) is 5.75 Å². The van der Waals surface area contributed by atoms with E-state index in [1.54, 1.807) is 48.8 Å². The maximum atomic E-state index is 12.7. The Balaban J connectivity index is 1.67. The highest BCUT2D eigenvalue weighted by Crippen LogP contribution is 2.22. The molecule has 0 saturated heterocycles. The topological polar surface area (TPSA) is 126 Å². The number of benzene rings is 1. The van der Waals surface area contributed by atoms with Crippen LogP contribution in [0.25, 0.3) is 17.3 Å². The maximum absolute atomic E-state index is 12.7. The Morgan fingerprint density at radius 3 is 2.46 bits per heavy atom. The van der Waals surface area contributed by atoms with Crippen LogP contribution in [0.2, 0.25) is 0 Å². The molecule has 3 heterocycles. The number of rotatable bonds is 6. The normalized spacial score (nSPS) is 11.9. The molecule has 1 atom stereocenters. The Hall–Kier alpha value is -4.02. The fourth-order valence-electron chi connectivity index (χ4n) is 2.65. The van der Waals surface area contributed by atoms with Gasteiger partial charge in [-0.1, -0.05) is 25.1 Å². The van der Waals surface area contributed by atoms with E-state index in [1.165, 1.54) is 9.36 Å². The molecule has 0 bridgehead atoms. The molecule has 1 unspecified atom stereocenters. The number of hydrogen-bond acceptors (Lipinski definition) is 9. The molecule has 11 nitrogen and oxygen atoms in total. The van der Waals surface area contributed by atoms with Crippen molar-refractivity contribution in [2.45, 2.75) is 19.4 Å². The SMILES string of the molecule is CCC(C(=O)Oc1ccccc1)n1nnnc1-c1nnnn1-c1ccncc1. The van der Waals surface area contributed by atoms with Crippen molar-refractivity contribution in [1.29, 1.82) is 0 Å². The van der Waals surface area contributed by atoms with E-state index in [4.69, 9.17) is 4.74 Å². The lowest BCUT2D eigenvalue weighted by atomic mass is 10.2. The summed E-state index contributed by atoms with van der Waals surface area (Å²) in [7, 11) is 0. The summed E-state index contributed by atoms with van der Waals surface area (Å²) in [6.45, 7) is 1.84. The van der Waals surface area contributed by atoms with Crippen LogP contribution < -0.4 is 4.74 Å². The van der Waals surface area contributed by atoms with Gasteiger partial charge >= 0.3 is 5.97 Å². The number of esters is 1. The van der Waals surface area contributed by atoms with Gasteiger partial charge in [-0.15, -0.1) is 10.2 Å². The van der Waals surface area contributed by atoms with Crippen LogP contribution in [0.4, 0.5) is 0 Å². The third-order valence-corrected chi connectivity index (χ3v) is 3.99. The fourth-order valence-corrected chi connectivity index (χ4v) is 2.65. The average Bonchev–Trinajstić information content (AvgIpc) is 3.39. The minimum Gasteiger partial charge on any atom is -0.425 e. The summed E-state index contributed by atoms with van der Waals surface area (Å²) in [5.41, 5.74) is 0.685. The van der Waals surface area contributed by atoms with E-state index >= 15 is 0 Å². The second-order valence-corrected chi connectivity index (χ2v) is 5.72. The minimum atomic E-state index is -0.743. The summed E-state index contributed by atoms with van der Waals surface area (Å²) in [4.78, 5) is 16.7. The first-order valence-corrected chi connectivity index (χ1v) is 8.51. The molecule has 0 amide bonds. The van der Waals surface area contributed by atoms with Gasteiger partial charge in [0.25, 0.3) is 0 Å². The van der Waals surface area contributed by atoms with Gasteiger partial charge in [0.05, 0.1) is 5.69 Å². The number of ether oxygens (including phenoxy) is 1. The van der Waals surface area contributed by atoms with Crippen LogP contribution in [0.1, 0.15) is 19.4 Å². The minimum absolute atomic E-state index is 0.249. The first-order valence-electron chi connectivity index (χ1n) is 8.51. The lowest BCUT2D eigenvalue weighted by Crippen LogP contribution is -2.26. The molecular formula is C17H15N9O2. The Morgan fingerprint density at radius 2 is 1.71 bits per heavy atom. The number of para-hydroxylation sites is 1. The summed E-state index contributed by atoms with van der Waals surface area (Å²) in [6, 6.07) is 11.6. The number of hydrogen-bond donors (Lipinski definition) is 0. The van der Waals surface area contributed by atoms with E-state index in [2.05, 4.69) is 36.0 Å². The second kappa shape index (κ2) is 7.70. The van der Waals surface area contributed by atoms with Gasteiger partial charge in [-0.2, -0.15) is 4.68 Å². The van der Waals surface area contributed by atoms with Gasteiger partial charge in [0.2, 0.25) is 11.6 Å². The highest BCUT2D eigenvalue weighted by molar-refractivity contribution is 5.77. The van der Waals surface area contributed by atoms with Crippen LogP contribution in [0.3, 0.4) is 0 Å². The highest BCUT2D eigenvalue weighted by atomic mass is 16.5. The van der Waals surface area contributed by atoms with Gasteiger partial charge in [-0.25, -0.2) is 9.48 Å². The summed E-state index contributed by atoms with van der Waals surface area (Å²) >= 11 is 0. The monoisotopic (exact) mass is 377 g/mol. The number of carbonyl (C=O) groups excluding carboxylic acids is 1. The molecule has 0 saturated carbocycles. The van der Waals surface area contributed by atoms with Crippen molar-refractivity contribution in [2.24, 2.45) is 0 Å². The Bertz CT molecular complexity index is 1060. The predicted octanol–water partition coefficient (Wildman–Crippen LogP) is 1.27. The number of pyridine rings is 1. The smallest absolute Gasteiger partial charge is 0.336 e.